The van der Waals surface area contributed by atoms with Crippen LogP contribution in [0.15, 0.2) is 54.9 Å². The Kier molecular flexibility index (Phi) is 5.25. The van der Waals surface area contributed by atoms with E-state index in [-0.39, 0.29) is 32.2 Å². The van der Waals surface area contributed by atoms with Crippen molar-refractivity contribution in [2.45, 2.75) is 25.0 Å². The highest BCUT2D eigenvalue weighted by Gasteiger charge is 2.35. The number of hydrogen-bond acceptors (Lipinski definition) is 6. The maximum absolute atomic E-state index is 12.7. The molecule has 168 valence electrons. The Labute approximate surface area is 188 Å². The average molecular weight is 447 g/mol. The smallest absolute Gasteiger partial charge is 0.407 e. The molecule has 2 heterocycles. The first-order valence-electron chi connectivity index (χ1n) is 10.5. The zero-order valence-corrected chi connectivity index (χ0v) is 17.5. The number of nitrogens with one attached hydrogen (secondary N) is 1. The lowest BCUT2D eigenvalue weighted by molar-refractivity contribution is -0.152. The number of carboxylic acid groups (broad SMARTS) is 1. The van der Waals surface area contributed by atoms with Gasteiger partial charge in [0.2, 0.25) is 5.91 Å². The number of carbonyl (C=O) groups is 3. The maximum Gasteiger partial charge on any atom is 0.407 e. The second-order valence-electron chi connectivity index (χ2n) is 7.95. The van der Waals surface area contributed by atoms with Gasteiger partial charge in [-0.1, -0.05) is 48.5 Å². The molecule has 1 aliphatic carbocycles. The molecule has 10 heteroatoms. The number of carboxylic acids is 1. The number of alkyl carbamates (subject to hydrolysis) is 1. The zero-order valence-electron chi connectivity index (χ0n) is 17.5. The molecule has 10 nitrogen and oxygen atoms in total. The number of carbonyl (C=O) groups excluding carboxylic acids is 2. The van der Waals surface area contributed by atoms with Crippen LogP contribution in [0.25, 0.3) is 11.1 Å². The van der Waals surface area contributed by atoms with E-state index >= 15 is 0 Å². The van der Waals surface area contributed by atoms with Crippen LogP contribution in [0.5, 0.6) is 0 Å². The number of ether oxygens (including phenoxy) is 1. The molecule has 1 aliphatic heterocycles. The van der Waals surface area contributed by atoms with Gasteiger partial charge in [0, 0.05) is 5.92 Å². The molecule has 5 rings (SSSR count). The summed E-state index contributed by atoms with van der Waals surface area (Å²) in [5.41, 5.74) is 4.42. The van der Waals surface area contributed by atoms with Crippen molar-refractivity contribution >= 4 is 18.0 Å². The molecular formula is C23H21N5O5. The Morgan fingerprint density at radius 1 is 1.06 bits per heavy atom. The number of amides is 2. The molecule has 0 spiro atoms. The lowest BCUT2D eigenvalue weighted by Gasteiger charge is -2.33. The first-order chi connectivity index (χ1) is 16.0. The summed E-state index contributed by atoms with van der Waals surface area (Å²) in [5.74, 6) is -1.28. The number of fused-ring (bicyclic) bond motifs is 4. The fraction of sp³-hybridized carbons (Fsp3) is 0.261. The standard InChI is InChI=1S/C23H21N5O5/c29-21(28-11-20-26-25-13-27(20)10-19(28)22(30)31)9-24-23(32)33-12-18-16-7-3-1-5-14(16)15-6-2-4-8-17(15)18/h1-8,13,18-19H,9-12H2,(H,24,32)(H,30,31). The minimum atomic E-state index is -1.14. The Balaban J connectivity index is 1.20. The molecule has 2 amide bonds. The van der Waals surface area contributed by atoms with Crippen molar-refractivity contribution in [1.82, 2.24) is 25.0 Å². The molecule has 2 N–H and O–H groups in total. The molecule has 0 radical (unpaired) electrons. The molecule has 0 saturated heterocycles. The van der Waals surface area contributed by atoms with Crippen molar-refractivity contribution < 1.29 is 24.2 Å². The van der Waals surface area contributed by atoms with E-state index in [0.29, 0.717) is 5.82 Å². The van der Waals surface area contributed by atoms with Crippen molar-refractivity contribution in [2.75, 3.05) is 13.2 Å². The minimum absolute atomic E-state index is 0.00215. The van der Waals surface area contributed by atoms with Crippen LogP contribution >= 0.6 is 0 Å². The van der Waals surface area contributed by atoms with Crippen molar-refractivity contribution in [2.24, 2.45) is 0 Å². The maximum atomic E-state index is 12.7. The predicted molar refractivity (Wildman–Crippen MR) is 115 cm³/mol. The SMILES string of the molecule is O=C(NCC(=O)N1Cc2nncn2CC1C(=O)O)OCC1c2ccccc2-c2ccccc21. The molecule has 0 bridgehead atoms. The molecule has 2 aliphatic rings. The third-order valence-electron chi connectivity index (χ3n) is 6.09. The fourth-order valence-corrected chi connectivity index (χ4v) is 4.47. The monoisotopic (exact) mass is 447 g/mol. The Bertz CT molecular complexity index is 1190. The minimum Gasteiger partial charge on any atom is -0.480 e. The van der Waals surface area contributed by atoms with Crippen molar-refractivity contribution in [3.05, 3.63) is 71.8 Å². The van der Waals surface area contributed by atoms with Gasteiger partial charge in [-0.25, -0.2) is 9.59 Å². The van der Waals surface area contributed by atoms with Gasteiger partial charge in [-0.2, -0.15) is 0 Å². The van der Waals surface area contributed by atoms with Gasteiger partial charge >= 0.3 is 12.1 Å². The summed E-state index contributed by atoms with van der Waals surface area (Å²) < 4.78 is 7.03. The van der Waals surface area contributed by atoms with Gasteiger partial charge in [0.25, 0.3) is 0 Å². The van der Waals surface area contributed by atoms with E-state index in [1.807, 2.05) is 48.5 Å². The first kappa shape index (κ1) is 20.7. The molecular weight excluding hydrogens is 426 g/mol. The number of benzene rings is 2. The van der Waals surface area contributed by atoms with E-state index in [1.54, 1.807) is 4.57 Å². The quantitative estimate of drug-likeness (QED) is 0.608. The first-order valence-corrected chi connectivity index (χ1v) is 10.5. The highest BCUT2D eigenvalue weighted by molar-refractivity contribution is 5.87. The van der Waals surface area contributed by atoms with Gasteiger partial charge in [-0.05, 0) is 22.3 Å². The van der Waals surface area contributed by atoms with Crippen LogP contribution in [-0.4, -0.2) is 61.9 Å². The number of hydrogen-bond donors (Lipinski definition) is 2. The molecule has 33 heavy (non-hydrogen) atoms. The molecule has 2 aromatic carbocycles. The second-order valence-corrected chi connectivity index (χ2v) is 7.95. The lowest BCUT2D eigenvalue weighted by atomic mass is 9.98. The van der Waals surface area contributed by atoms with Crippen LogP contribution in [0.2, 0.25) is 0 Å². The van der Waals surface area contributed by atoms with Crippen molar-refractivity contribution in [3.8, 4) is 11.1 Å². The Morgan fingerprint density at radius 3 is 2.39 bits per heavy atom. The average Bonchev–Trinajstić information content (AvgIpc) is 3.42. The molecule has 1 unspecified atom stereocenters. The van der Waals surface area contributed by atoms with Crippen LogP contribution < -0.4 is 5.32 Å². The lowest BCUT2D eigenvalue weighted by Crippen LogP contribution is -2.53. The molecule has 0 fully saturated rings. The Morgan fingerprint density at radius 2 is 1.73 bits per heavy atom. The fourth-order valence-electron chi connectivity index (χ4n) is 4.47. The van der Waals surface area contributed by atoms with Gasteiger partial charge in [0.05, 0.1) is 13.1 Å². The topological polar surface area (TPSA) is 127 Å². The Hall–Kier alpha value is -4.21. The number of nitrogens with zero attached hydrogens (tertiary/aromatic N) is 4. The summed E-state index contributed by atoms with van der Waals surface area (Å²) >= 11 is 0. The van der Waals surface area contributed by atoms with Gasteiger partial charge < -0.3 is 24.6 Å². The van der Waals surface area contributed by atoms with Gasteiger partial charge in [-0.15, -0.1) is 10.2 Å². The summed E-state index contributed by atoms with van der Waals surface area (Å²) in [6.07, 6.45) is 0.694. The highest BCUT2D eigenvalue weighted by atomic mass is 16.5. The molecule has 3 aromatic rings. The molecule has 1 aromatic heterocycles. The number of rotatable bonds is 5. The van der Waals surface area contributed by atoms with E-state index in [1.165, 1.54) is 11.2 Å². The van der Waals surface area contributed by atoms with Gasteiger partial charge in [-0.3, -0.25) is 4.79 Å². The van der Waals surface area contributed by atoms with Crippen LogP contribution in [0, 0.1) is 0 Å². The summed E-state index contributed by atoms with van der Waals surface area (Å²) in [4.78, 5) is 37.8. The van der Waals surface area contributed by atoms with E-state index in [2.05, 4.69) is 15.5 Å². The summed E-state index contributed by atoms with van der Waals surface area (Å²) in [7, 11) is 0. The van der Waals surface area contributed by atoms with Crippen molar-refractivity contribution in [3.63, 3.8) is 0 Å². The van der Waals surface area contributed by atoms with Crippen LogP contribution in [-0.2, 0) is 27.4 Å². The largest absolute Gasteiger partial charge is 0.480 e. The second kappa shape index (κ2) is 8.38. The van der Waals surface area contributed by atoms with Gasteiger partial charge in [0.15, 0.2) is 5.82 Å². The summed E-state index contributed by atoms with van der Waals surface area (Å²) in [6, 6.07) is 14.9. The number of aliphatic carboxylic acids is 1. The van der Waals surface area contributed by atoms with E-state index in [9.17, 15) is 19.5 Å². The highest BCUT2D eigenvalue weighted by Crippen LogP contribution is 2.44. The normalized spacial score (nSPS) is 16.5. The van der Waals surface area contributed by atoms with Crippen LogP contribution in [0.3, 0.4) is 0 Å². The molecule has 0 saturated carbocycles. The number of aromatic nitrogens is 3. The zero-order chi connectivity index (χ0) is 22.9. The predicted octanol–water partition coefficient (Wildman–Crippen LogP) is 1.61. The summed E-state index contributed by atoms with van der Waals surface area (Å²) in [6.45, 7) is -0.205. The van der Waals surface area contributed by atoms with E-state index in [0.717, 1.165) is 22.3 Å². The summed E-state index contributed by atoms with van der Waals surface area (Å²) in [5, 5.41) is 19.6. The van der Waals surface area contributed by atoms with E-state index < -0.39 is 24.0 Å². The molecule has 1 atom stereocenters. The third-order valence-corrected chi connectivity index (χ3v) is 6.09. The van der Waals surface area contributed by atoms with E-state index in [4.69, 9.17) is 4.74 Å². The van der Waals surface area contributed by atoms with Crippen LogP contribution in [0.4, 0.5) is 4.79 Å². The van der Waals surface area contributed by atoms with Crippen LogP contribution in [0.1, 0.15) is 22.9 Å². The van der Waals surface area contributed by atoms with Gasteiger partial charge in [0.1, 0.15) is 25.5 Å². The third kappa shape index (κ3) is 3.79. The van der Waals surface area contributed by atoms with Crippen molar-refractivity contribution in [1.29, 1.82) is 0 Å².